The Balaban J connectivity index is 0.00000147. The Morgan fingerprint density at radius 2 is 1.80 bits per heavy atom. The van der Waals surface area contributed by atoms with Crippen molar-refractivity contribution in [3.63, 3.8) is 0 Å². The number of fused-ring (bicyclic) bond motifs is 1. The third-order valence-electron chi connectivity index (χ3n) is 4.21. The molecule has 0 unspecified atom stereocenters. The second kappa shape index (κ2) is 6.02. The van der Waals surface area contributed by atoms with Crippen molar-refractivity contribution in [1.82, 2.24) is 4.90 Å². The van der Waals surface area contributed by atoms with Gasteiger partial charge in [0.05, 0.1) is 0 Å². The van der Waals surface area contributed by atoms with Gasteiger partial charge in [0.25, 0.3) is 0 Å². The maximum atomic E-state index is 11.6. The predicted molar refractivity (Wildman–Crippen MR) is 85.1 cm³/mol. The molecule has 0 saturated carbocycles. The largest absolute Gasteiger partial charge is 0.369 e. The second-order valence-corrected chi connectivity index (χ2v) is 5.59. The number of nitrogens with zero attached hydrogens (tertiary/aromatic N) is 2. The van der Waals surface area contributed by atoms with E-state index in [9.17, 15) is 4.79 Å². The molecule has 110 valence electrons. The number of halogens is 1. The fourth-order valence-electron chi connectivity index (χ4n) is 2.97. The van der Waals surface area contributed by atoms with Gasteiger partial charge in [-0.05, 0) is 37.6 Å². The van der Waals surface area contributed by atoms with Gasteiger partial charge in [0.1, 0.15) is 0 Å². The molecule has 0 aliphatic carbocycles. The molecule has 1 fully saturated rings. The molecule has 5 heteroatoms. The highest BCUT2D eigenvalue weighted by atomic mass is 35.5. The van der Waals surface area contributed by atoms with Crippen molar-refractivity contribution >= 4 is 29.7 Å². The van der Waals surface area contributed by atoms with Crippen LogP contribution in [0.5, 0.6) is 0 Å². The van der Waals surface area contributed by atoms with E-state index < -0.39 is 0 Å². The maximum absolute atomic E-state index is 11.6. The topological polar surface area (TPSA) is 35.6 Å². The summed E-state index contributed by atoms with van der Waals surface area (Å²) in [6.07, 6.45) is 1.47. The summed E-state index contributed by atoms with van der Waals surface area (Å²) >= 11 is 0. The predicted octanol–water partition coefficient (Wildman–Crippen LogP) is 2.05. The summed E-state index contributed by atoms with van der Waals surface area (Å²) < 4.78 is 0. The normalized spacial score (nSPS) is 19.1. The van der Waals surface area contributed by atoms with E-state index in [0.29, 0.717) is 6.42 Å². The van der Waals surface area contributed by atoms with Crippen molar-refractivity contribution in [3.8, 4) is 0 Å². The van der Waals surface area contributed by atoms with Crippen molar-refractivity contribution in [2.75, 3.05) is 43.4 Å². The van der Waals surface area contributed by atoms with E-state index in [1.807, 2.05) is 0 Å². The minimum absolute atomic E-state index is 0. The molecule has 2 aliphatic rings. The number of carbonyl (C=O) groups is 1. The van der Waals surface area contributed by atoms with Crippen LogP contribution in [0.15, 0.2) is 12.1 Å². The van der Waals surface area contributed by atoms with E-state index in [-0.39, 0.29) is 18.3 Å². The zero-order valence-corrected chi connectivity index (χ0v) is 12.9. The Morgan fingerprint density at radius 1 is 1.10 bits per heavy atom. The number of rotatable bonds is 1. The Morgan fingerprint density at radius 3 is 2.50 bits per heavy atom. The molecule has 0 atom stereocenters. The highest BCUT2D eigenvalue weighted by Gasteiger charge is 2.23. The molecule has 0 radical (unpaired) electrons. The van der Waals surface area contributed by atoms with Gasteiger partial charge in [0.15, 0.2) is 0 Å². The average molecular weight is 296 g/mol. The van der Waals surface area contributed by atoms with E-state index in [1.54, 1.807) is 0 Å². The van der Waals surface area contributed by atoms with Crippen LogP contribution in [0.4, 0.5) is 11.4 Å². The molecule has 3 rings (SSSR count). The summed E-state index contributed by atoms with van der Waals surface area (Å²) in [7, 11) is 2.17. The van der Waals surface area contributed by atoms with E-state index >= 15 is 0 Å². The fraction of sp³-hybridized carbons (Fsp3) is 0.533. The fourth-order valence-corrected chi connectivity index (χ4v) is 2.97. The molecule has 1 aromatic carbocycles. The van der Waals surface area contributed by atoms with Gasteiger partial charge in [0, 0.05) is 44.0 Å². The third kappa shape index (κ3) is 2.76. The Labute approximate surface area is 126 Å². The van der Waals surface area contributed by atoms with Crippen molar-refractivity contribution in [2.45, 2.75) is 19.8 Å². The number of amides is 1. The number of benzene rings is 1. The van der Waals surface area contributed by atoms with Gasteiger partial charge >= 0.3 is 0 Å². The minimum atomic E-state index is 0. The van der Waals surface area contributed by atoms with Crippen LogP contribution < -0.4 is 10.2 Å². The Bertz CT molecular complexity index is 510. The molecule has 1 amide bonds. The number of nitrogens with one attached hydrogen (secondary N) is 1. The van der Waals surface area contributed by atoms with E-state index in [2.05, 4.69) is 41.2 Å². The van der Waals surface area contributed by atoms with Crippen LogP contribution in [0.3, 0.4) is 0 Å². The summed E-state index contributed by atoms with van der Waals surface area (Å²) in [4.78, 5) is 16.4. The van der Waals surface area contributed by atoms with Crippen LogP contribution in [0.2, 0.25) is 0 Å². The Kier molecular flexibility index (Phi) is 4.55. The lowest BCUT2D eigenvalue weighted by Gasteiger charge is -2.36. The number of hydrogen-bond acceptors (Lipinski definition) is 3. The first-order valence-electron chi connectivity index (χ1n) is 7.01. The summed E-state index contributed by atoms with van der Waals surface area (Å²) in [6.45, 7) is 6.42. The molecular weight excluding hydrogens is 274 g/mol. The summed E-state index contributed by atoms with van der Waals surface area (Å²) in [6, 6.07) is 4.34. The molecule has 1 N–H and O–H groups in total. The summed E-state index contributed by atoms with van der Waals surface area (Å²) in [5.74, 6) is 0.145. The number of likely N-dealkylation sites (N-methyl/N-ethyl adjacent to an activating group) is 1. The molecule has 2 heterocycles. The lowest BCUT2D eigenvalue weighted by atomic mass is 9.96. The standard InChI is InChI=1S/C15H21N3O.ClH/c1-11-3-5-13(18-9-7-17(2)8-10-18)12-4-6-14(19)16-15(11)12;/h3,5H,4,6-10H2,1-2H3,(H,16,19);1H. The van der Waals surface area contributed by atoms with Gasteiger partial charge in [-0.25, -0.2) is 0 Å². The highest BCUT2D eigenvalue weighted by molar-refractivity contribution is 5.96. The zero-order valence-electron chi connectivity index (χ0n) is 12.1. The second-order valence-electron chi connectivity index (χ2n) is 5.59. The first-order chi connectivity index (χ1) is 9.15. The van der Waals surface area contributed by atoms with Crippen molar-refractivity contribution in [3.05, 3.63) is 23.3 Å². The summed E-state index contributed by atoms with van der Waals surface area (Å²) in [5, 5.41) is 3.04. The Hall–Kier alpha value is -1.26. The van der Waals surface area contributed by atoms with Gasteiger partial charge in [-0.15, -0.1) is 12.4 Å². The molecule has 20 heavy (non-hydrogen) atoms. The van der Waals surface area contributed by atoms with Crippen LogP contribution in [0.25, 0.3) is 0 Å². The molecule has 1 saturated heterocycles. The maximum Gasteiger partial charge on any atom is 0.224 e. The first kappa shape index (κ1) is 15.1. The lowest BCUT2D eigenvalue weighted by Crippen LogP contribution is -2.45. The van der Waals surface area contributed by atoms with Crippen molar-refractivity contribution < 1.29 is 4.79 Å². The zero-order chi connectivity index (χ0) is 13.4. The molecular formula is C15H22ClN3O. The molecule has 1 aromatic rings. The monoisotopic (exact) mass is 295 g/mol. The van der Waals surface area contributed by atoms with Crippen LogP contribution >= 0.6 is 12.4 Å². The lowest BCUT2D eigenvalue weighted by molar-refractivity contribution is -0.116. The van der Waals surface area contributed by atoms with E-state index in [1.165, 1.54) is 16.8 Å². The molecule has 2 aliphatic heterocycles. The van der Waals surface area contributed by atoms with Gasteiger partial charge in [-0.2, -0.15) is 0 Å². The van der Waals surface area contributed by atoms with Crippen molar-refractivity contribution in [1.29, 1.82) is 0 Å². The van der Waals surface area contributed by atoms with E-state index in [4.69, 9.17) is 0 Å². The molecule has 0 bridgehead atoms. The minimum Gasteiger partial charge on any atom is -0.369 e. The highest BCUT2D eigenvalue weighted by Crippen LogP contribution is 2.34. The number of carbonyl (C=O) groups excluding carboxylic acids is 1. The number of aryl methyl sites for hydroxylation is 1. The van der Waals surface area contributed by atoms with Crippen LogP contribution in [-0.2, 0) is 11.2 Å². The van der Waals surface area contributed by atoms with Gasteiger partial charge < -0.3 is 15.1 Å². The number of hydrogen-bond donors (Lipinski definition) is 1. The SMILES string of the molecule is Cc1ccc(N2CCN(C)CC2)c2c1NC(=O)CC2.Cl. The molecule has 0 spiro atoms. The van der Waals surface area contributed by atoms with Gasteiger partial charge in [-0.1, -0.05) is 6.07 Å². The smallest absolute Gasteiger partial charge is 0.224 e. The van der Waals surface area contributed by atoms with Gasteiger partial charge in [-0.3, -0.25) is 4.79 Å². The number of piperazine rings is 1. The van der Waals surface area contributed by atoms with Crippen LogP contribution in [-0.4, -0.2) is 44.0 Å². The quantitative estimate of drug-likeness (QED) is 0.861. The molecule has 4 nitrogen and oxygen atoms in total. The van der Waals surface area contributed by atoms with Crippen LogP contribution in [0, 0.1) is 6.92 Å². The third-order valence-corrected chi connectivity index (χ3v) is 4.21. The first-order valence-corrected chi connectivity index (χ1v) is 7.01. The molecule has 0 aromatic heterocycles. The van der Waals surface area contributed by atoms with E-state index in [0.717, 1.165) is 38.3 Å². The van der Waals surface area contributed by atoms with Gasteiger partial charge in [0.2, 0.25) is 5.91 Å². The van der Waals surface area contributed by atoms with Crippen molar-refractivity contribution in [2.24, 2.45) is 0 Å². The average Bonchev–Trinajstić information content (AvgIpc) is 2.41. The summed E-state index contributed by atoms with van der Waals surface area (Å²) in [5.41, 5.74) is 4.85. The van der Waals surface area contributed by atoms with Crippen LogP contribution in [0.1, 0.15) is 17.5 Å². The number of anilines is 2.